The van der Waals surface area contributed by atoms with Crippen LogP contribution in [0.25, 0.3) is 0 Å². The molecular weight excluding hydrogens is 1460 g/mol. The highest BCUT2D eigenvalue weighted by Crippen LogP contribution is 2.41. The molecule has 14 rings (SSSR count). The summed E-state index contributed by atoms with van der Waals surface area (Å²) in [6, 6.07) is 48.6. The number of aliphatic hydroxyl groups is 7. The van der Waals surface area contributed by atoms with E-state index in [1.807, 2.05) is 106 Å². The van der Waals surface area contributed by atoms with Crippen LogP contribution in [0.4, 0.5) is 8.78 Å². The maximum Gasteiger partial charge on any atom is 0.185 e. The Morgan fingerprint density at radius 2 is 0.588 bits per heavy atom. The summed E-state index contributed by atoms with van der Waals surface area (Å²) in [5, 5.41) is 67.2. The fourth-order valence-corrected chi connectivity index (χ4v) is 16.2. The van der Waals surface area contributed by atoms with Crippen molar-refractivity contribution in [3.8, 4) is 11.5 Å². The van der Waals surface area contributed by atoms with Crippen LogP contribution in [-0.2, 0) is 72.3 Å². The minimum absolute atomic E-state index is 0.243. The van der Waals surface area contributed by atoms with Gasteiger partial charge >= 0.3 is 0 Å². The van der Waals surface area contributed by atoms with Crippen LogP contribution in [0, 0.1) is 32.4 Å². The van der Waals surface area contributed by atoms with Gasteiger partial charge in [-0.2, -0.15) is 0 Å². The van der Waals surface area contributed by atoms with Crippen molar-refractivity contribution in [3.63, 3.8) is 0 Å². The van der Waals surface area contributed by atoms with Crippen molar-refractivity contribution < 1.29 is 87.6 Å². The molecule has 14 unspecified atom stereocenters. The lowest BCUT2D eigenvalue weighted by Crippen LogP contribution is -2.53. The summed E-state index contributed by atoms with van der Waals surface area (Å²) in [4.78, 5) is 83.8. The number of ketones is 7. The maximum absolute atomic E-state index is 13.1. The topological polar surface area (TPSA) is 462 Å². The van der Waals surface area contributed by atoms with Crippen LogP contribution in [0.2, 0.25) is 0 Å². The van der Waals surface area contributed by atoms with E-state index in [2.05, 4.69) is 0 Å². The Bertz CT molecular complexity index is 4330. The first-order chi connectivity index (χ1) is 53.9. The molecule has 0 bridgehead atoms. The van der Waals surface area contributed by atoms with E-state index in [9.17, 15) is 78.1 Å². The highest BCUT2D eigenvalue weighted by atomic mass is 19.1. The van der Waals surface area contributed by atoms with E-state index < -0.39 is 93.1 Å². The van der Waals surface area contributed by atoms with Crippen molar-refractivity contribution in [2.24, 2.45) is 40.1 Å². The van der Waals surface area contributed by atoms with Crippen LogP contribution in [0.1, 0.15) is 190 Å². The number of carbonyl (C=O) groups excluding carboxylic acids is 7. The Kier molecular flexibility index (Phi) is 31.2. The number of hydrogen-bond donors (Lipinski definition) is 14. The minimum Gasteiger partial charge on any atom is -0.497 e. The number of aliphatic hydroxyl groups excluding tert-OH is 7. The molecule has 7 aliphatic carbocycles. The van der Waals surface area contributed by atoms with Gasteiger partial charge < -0.3 is 85.4 Å². The number of nitrogens with two attached hydrogens (primary N) is 7. The lowest BCUT2D eigenvalue weighted by molar-refractivity contribution is -0.136. The van der Waals surface area contributed by atoms with Crippen LogP contribution in [-0.4, -0.2) is 133 Å². The van der Waals surface area contributed by atoms with Crippen molar-refractivity contribution in [1.29, 1.82) is 0 Å². The van der Waals surface area contributed by atoms with Gasteiger partial charge in [0.1, 0.15) is 105 Å². The largest absolute Gasteiger partial charge is 0.497 e. The van der Waals surface area contributed by atoms with Gasteiger partial charge in [0.25, 0.3) is 0 Å². The predicted molar refractivity (Wildman–Crippen MR) is 427 cm³/mol. The average Bonchev–Trinajstić information content (AvgIpc) is 0.832. The Balaban J connectivity index is 0.000000167. The van der Waals surface area contributed by atoms with E-state index in [1.165, 1.54) is 42.5 Å². The van der Waals surface area contributed by atoms with E-state index in [-0.39, 0.29) is 40.5 Å². The second kappa shape index (κ2) is 39.2. The summed E-state index contributed by atoms with van der Waals surface area (Å²) in [6.45, 7) is 5.88. The fraction of sp³-hybridized carbons (Fsp3) is 0.449. The van der Waals surface area contributed by atoms with Crippen LogP contribution in [0.3, 0.4) is 0 Å². The summed E-state index contributed by atoms with van der Waals surface area (Å²) >= 11 is 0. The van der Waals surface area contributed by atoms with E-state index >= 15 is 0 Å². The summed E-state index contributed by atoms with van der Waals surface area (Å²) < 4.78 is 36.2. The molecule has 21 N–H and O–H groups in total. The van der Waals surface area contributed by atoms with Gasteiger partial charge in [-0.25, -0.2) is 8.78 Å². The van der Waals surface area contributed by atoms with Crippen LogP contribution >= 0.6 is 0 Å². The van der Waals surface area contributed by atoms with Crippen LogP contribution in [0.15, 0.2) is 170 Å². The zero-order chi connectivity index (χ0) is 83.7. The van der Waals surface area contributed by atoms with Crippen molar-refractivity contribution in [2.45, 2.75) is 237 Å². The van der Waals surface area contributed by atoms with Crippen LogP contribution < -0.4 is 49.6 Å². The van der Waals surface area contributed by atoms with Gasteiger partial charge in [0.15, 0.2) is 40.5 Å². The molecule has 0 radical (unpaired) electrons. The standard InChI is InChI=1S/2C13H17NO3.3C13H17NO2.2C12H14FNO2/c1-17-10-5-2-4-9(8-10)13(14)7-3-6-11(15)12(13)16;1-17-11-7-3-2-5-9(11)13(14)8-4-6-10(15)12(13)16;2*1-9-4-2-5-10(8-9)13(14)7-3-6-11(15)12(13)16;1-9-5-2-3-6-10(9)13(14)8-4-7-11(15)12(13)16;13-9-4-1-3-8(7-9)12(14)6-2-5-10(15)11(12)16;13-9-5-3-8(4-6-9)12(14)7-1-2-10(15)11(12)16/h2,4-5,8,11,15H,3,6-7,14H2,1H3;2-3,5,7,10,15H,4,6,8,14H2,1H3;2*2,4-5,8,11,15H,3,6-7,14H2,1H3;2-3,5-6,11,15H,4,7-8,14H2,1H3;1,3-4,7,10,15H,2,5-6,14H2;3-6,10,15H,1-2,7,14H2. The smallest absolute Gasteiger partial charge is 0.185 e. The summed E-state index contributed by atoms with van der Waals surface area (Å²) in [5.74, 6) is -1.65. The van der Waals surface area contributed by atoms with Gasteiger partial charge in [0.05, 0.1) is 14.2 Å². The van der Waals surface area contributed by atoms with E-state index in [0.29, 0.717) is 136 Å². The molecule has 0 amide bonds. The average molecular weight is 1570 g/mol. The van der Waals surface area contributed by atoms with E-state index in [0.717, 1.165) is 65.5 Å². The van der Waals surface area contributed by atoms with Crippen molar-refractivity contribution in [1.82, 2.24) is 0 Å². The van der Waals surface area contributed by atoms with Gasteiger partial charge in [-0.15, -0.1) is 0 Å². The number of benzene rings is 7. The predicted octanol–water partition coefficient (Wildman–Crippen LogP) is 7.90. The van der Waals surface area contributed by atoms with Crippen LogP contribution in [0.5, 0.6) is 11.5 Å². The quantitative estimate of drug-likeness (QED) is 0.0652. The number of Topliss-reactive ketones (excluding diaryl/α,β-unsaturated/α-hetero) is 7. The molecule has 0 heterocycles. The first-order valence-corrected chi connectivity index (χ1v) is 39.0. The Labute approximate surface area is 665 Å². The molecule has 0 saturated heterocycles. The minimum atomic E-state index is -1.24. The molecule has 7 saturated carbocycles. The summed E-state index contributed by atoms with van der Waals surface area (Å²) in [5.41, 5.74) is 43.4. The van der Waals surface area contributed by atoms with Crippen molar-refractivity contribution >= 4 is 40.5 Å². The molecule has 0 spiro atoms. The first kappa shape index (κ1) is 90.7. The Morgan fingerprint density at radius 3 is 0.930 bits per heavy atom. The third kappa shape index (κ3) is 20.7. The second-order valence-electron chi connectivity index (χ2n) is 31.2. The van der Waals surface area contributed by atoms with E-state index in [4.69, 9.17) is 49.6 Å². The molecule has 0 aromatic heterocycles. The number of ether oxygens (including phenoxy) is 2. The zero-order valence-electron chi connectivity index (χ0n) is 65.7. The molecule has 7 aromatic rings. The normalized spacial score (nSPS) is 30.0. The van der Waals surface area contributed by atoms with Gasteiger partial charge in [0, 0.05) is 5.56 Å². The van der Waals surface area contributed by atoms with Gasteiger partial charge in [0.2, 0.25) is 0 Å². The number of halogens is 2. The number of rotatable bonds is 9. The lowest BCUT2D eigenvalue weighted by Gasteiger charge is -2.35. The third-order valence-corrected chi connectivity index (χ3v) is 23.1. The zero-order valence-corrected chi connectivity index (χ0v) is 65.7. The lowest BCUT2D eigenvalue weighted by atomic mass is 9.74. The molecule has 7 aliphatic rings. The molecule has 7 fully saturated rings. The fourth-order valence-electron chi connectivity index (χ4n) is 16.2. The number of hydrogen-bond acceptors (Lipinski definition) is 23. The molecule has 7 aromatic carbocycles. The summed E-state index contributed by atoms with van der Waals surface area (Å²) in [6.07, 6.45) is 5.97. The molecular formula is C89H113F2N7O16. The first-order valence-electron chi connectivity index (χ1n) is 39.0. The number of carbonyl (C=O) groups is 7. The monoisotopic (exact) mass is 1570 g/mol. The SMILES string of the molecule is COc1cccc(C2(N)CCCC(O)C2=O)c1.COc1ccccc1C1(N)CCCC(O)C1=O.Cc1cccc(C2(N)CCCC(O)C2=O)c1.Cc1cccc(C2(N)CCCC(O)C2=O)c1.Cc1ccccc1C1(N)CCCC(O)C1=O.NC1(c2ccc(F)cc2)CCCC(O)C1=O.NC1(c2cccc(F)c2)CCCC(O)C1=O. The van der Waals surface area contributed by atoms with Gasteiger partial charge in [-0.05, 0) is 237 Å². The molecule has 0 aliphatic heterocycles. The molecule has 23 nitrogen and oxygen atoms in total. The second-order valence-corrected chi connectivity index (χ2v) is 31.2. The van der Waals surface area contributed by atoms with Gasteiger partial charge in [-0.1, -0.05) is 139 Å². The summed E-state index contributed by atoms with van der Waals surface area (Å²) in [7, 11) is 3.12. The number of para-hydroxylation sites is 1. The van der Waals surface area contributed by atoms with Crippen molar-refractivity contribution in [2.75, 3.05) is 14.2 Å². The Morgan fingerprint density at radius 1 is 0.298 bits per heavy atom. The molecule has 25 heteroatoms. The maximum atomic E-state index is 13.1. The highest BCUT2D eigenvalue weighted by Gasteiger charge is 2.49. The highest BCUT2D eigenvalue weighted by molar-refractivity contribution is 5.97. The van der Waals surface area contributed by atoms with E-state index in [1.54, 1.807) is 56.7 Å². The number of aryl methyl sites for hydroxylation is 3. The third-order valence-electron chi connectivity index (χ3n) is 23.1. The van der Waals surface area contributed by atoms with Gasteiger partial charge in [-0.3, -0.25) is 33.6 Å². The Hall–Kier alpha value is -8.87. The molecule has 14 atom stereocenters. The molecule has 114 heavy (non-hydrogen) atoms. The number of methoxy groups -OCH3 is 2. The van der Waals surface area contributed by atoms with Crippen molar-refractivity contribution in [3.05, 3.63) is 237 Å². The molecule has 614 valence electrons.